The highest BCUT2D eigenvalue weighted by atomic mass is 79.9. The Balaban J connectivity index is 2.79. The fourth-order valence-corrected chi connectivity index (χ4v) is 1.56. The number of hydrogen-bond donors (Lipinski definition) is 1. The van der Waals surface area contributed by atoms with Crippen LogP contribution < -0.4 is 0 Å². The highest BCUT2D eigenvalue weighted by Gasteiger charge is 2.15. The van der Waals surface area contributed by atoms with Crippen molar-refractivity contribution in [3.63, 3.8) is 0 Å². The van der Waals surface area contributed by atoms with Crippen molar-refractivity contribution < 1.29 is 14.2 Å². The molecule has 0 heterocycles. The number of aliphatic hydroxyl groups excluding tert-OH is 1. The number of ether oxygens (including phenoxy) is 1. The van der Waals surface area contributed by atoms with E-state index in [0.717, 1.165) is 0 Å². The predicted molar refractivity (Wildman–Crippen MR) is 60.1 cm³/mol. The first-order valence-corrected chi connectivity index (χ1v) is 5.55. The van der Waals surface area contributed by atoms with Gasteiger partial charge in [-0.3, -0.25) is 0 Å². The summed E-state index contributed by atoms with van der Waals surface area (Å²) in [6.07, 6.45) is -0.516. The van der Waals surface area contributed by atoms with E-state index in [0.29, 0.717) is 10.9 Å². The third kappa shape index (κ3) is 3.56. The van der Waals surface area contributed by atoms with E-state index in [4.69, 9.17) is 15.1 Å². The lowest BCUT2D eigenvalue weighted by Gasteiger charge is -2.11. The Morgan fingerprint density at radius 2 is 2.31 bits per heavy atom. The molecular formula is C11H11BrFNO2. The standard InChI is InChI=1S/C11H11BrFNO2/c12-8-2-3-10(13)9(6-8)11(7-14)16-5-1-4-15/h2-3,6,11,15H,1,4-5H2. The van der Waals surface area contributed by atoms with Crippen molar-refractivity contribution in [2.24, 2.45) is 0 Å². The average Bonchev–Trinajstić information content (AvgIpc) is 2.28. The molecule has 0 amide bonds. The van der Waals surface area contributed by atoms with E-state index < -0.39 is 11.9 Å². The van der Waals surface area contributed by atoms with Crippen molar-refractivity contribution in [2.75, 3.05) is 13.2 Å². The van der Waals surface area contributed by atoms with Crippen molar-refractivity contribution in [2.45, 2.75) is 12.5 Å². The minimum absolute atomic E-state index is 0.0148. The number of nitriles is 1. The van der Waals surface area contributed by atoms with Gasteiger partial charge in [-0.1, -0.05) is 15.9 Å². The Kier molecular flexibility index (Phi) is 5.39. The lowest BCUT2D eigenvalue weighted by atomic mass is 10.1. The predicted octanol–water partition coefficient (Wildman–Crippen LogP) is 2.55. The van der Waals surface area contributed by atoms with Gasteiger partial charge in [-0.15, -0.1) is 0 Å². The van der Waals surface area contributed by atoms with Gasteiger partial charge in [0, 0.05) is 16.6 Å². The Morgan fingerprint density at radius 3 is 2.94 bits per heavy atom. The van der Waals surface area contributed by atoms with Gasteiger partial charge in [0.2, 0.25) is 0 Å². The molecule has 3 nitrogen and oxygen atoms in total. The topological polar surface area (TPSA) is 53.2 Å². The van der Waals surface area contributed by atoms with E-state index in [9.17, 15) is 4.39 Å². The van der Waals surface area contributed by atoms with Crippen molar-refractivity contribution in [3.05, 3.63) is 34.1 Å². The van der Waals surface area contributed by atoms with Gasteiger partial charge in [-0.2, -0.15) is 5.26 Å². The first-order chi connectivity index (χ1) is 7.69. The molecule has 0 fully saturated rings. The lowest BCUT2D eigenvalue weighted by molar-refractivity contribution is 0.0752. The number of halogens is 2. The molecule has 1 atom stereocenters. The second-order valence-electron chi connectivity index (χ2n) is 3.12. The third-order valence-electron chi connectivity index (χ3n) is 1.94. The van der Waals surface area contributed by atoms with Crippen LogP contribution in [0.3, 0.4) is 0 Å². The third-order valence-corrected chi connectivity index (χ3v) is 2.44. The molecule has 0 spiro atoms. The summed E-state index contributed by atoms with van der Waals surface area (Å²) >= 11 is 3.20. The number of nitrogens with zero attached hydrogens (tertiary/aromatic N) is 1. The van der Waals surface area contributed by atoms with Gasteiger partial charge < -0.3 is 9.84 Å². The van der Waals surface area contributed by atoms with Crippen LogP contribution in [0.4, 0.5) is 4.39 Å². The van der Waals surface area contributed by atoms with Crippen molar-refractivity contribution in [1.82, 2.24) is 0 Å². The van der Waals surface area contributed by atoms with E-state index in [1.807, 2.05) is 6.07 Å². The van der Waals surface area contributed by atoms with Gasteiger partial charge in [0.15, 0.2) is 6.10 Å². The second-order valence-corrected chi connectivity index (χ2v) is 4.04. The summed E-state index contributed by atoms with van der Waals surface area (Å²) < 4.78 is 19.3. The molecule has 1 N–H and O–H groups in total. The fourth-order valence-electron chi connectivity index (χ4n) is 1.18. The Morgan fingerprint density at radius 1 is 1.56 bits per heavy atom. The number of rotatable bonds is 5. The van der Waals surface area contributed by atoms with Crippen LogP contribution in [0.25, 0.3) is 0 Å². The Bertz CT molecular complexity index is 392. The van der Waals surface area contributed by atoms with Gasteiger partial charge in [0.1, 0.15) is 5.82 Å². The molecule has 1 aromatic rings. The summed E-state index contributed by atoms with van der Waals surface area (Å²) in [5.41, 5.74) is 0.204. The molecule has 0 aliphatic heterocycles. The minimum Gasteiger partial charge on any atom is -0.396 e. The molecule has 0 aliphatic rings. The molecule has 1 rings (SSSR count). The summed E-state index contributed by atoms with van der Waals surface area (Å²) in [5.74, 6) is -0.473. The van der Waals surface area contributed by atoms with Crippen LogP contribution >= 0.6 is 15.9 Å². The average molecular weight is 288 g/mol. The van der Waals surface area contributed by atoms with E-state index in [2.05, 4.69) is 15.9 Å². The van der Waals surface area contributed by atoms with Crippen LogP contribution in [-0.2, 0) is 4.74 Å². The van der Waals surface area contributed by atoms with Crippen LogP contribution in [0, 0.1) is 17.1 Å². The Labute approximate surface area is 102 Å². The monoisotopic (exact) mass is 287 g/mol. The maximum atomic E-state index is 13.4. The summed E-state index contributed by atoms with van der Waals surface area (Å²) in [4.78, 5) is 0. The summed E-state index contributed by atoms with van der Waals surface area (Å²) in [6.45, 7) is 0.208. The molecule has 0 saturated heterocycles. The largest absolute Gasteiger partial charge is 0.396 e. The number of benzene rings is 1. The highest BCUT2D eigenvalue weighted by molar-refractivity contribution is 9.10. The zero-order valence-corrected chi connectivity index (χ0v) is 10.1. The molecule has 5 heteroatoms. The van der Waals surface area contributed by atoms with E-state index in [1.165, 1.54) is 12.1 Å². The molecule has 0 saturated carbocycles. The molecule has 0 radical (unpaired) electrons. The van der Waals surface area contributed by atoms with Crippen LogP contribution in [0.15, 0.2) is 22.7 Å². The fraction of sp³-hybridized carbons (Fsp3) is 0.364. The maximum absolute atomic E-state index is 13.4. The van der Waals surface area contributed by atoms with Crippen LogP contribution in [0.5, 0.6) is 0 Å². The minimum atomic E-state index is -0.941. The first kappa shape index (κ1) is 13.1. The van der Waals surface area contributed by atoms with Crippen molar-refractivity contribution in [1.29, 1.82) is 5.26 Å². The molecule has 1 unspecified atom stereocenters. The molecule has 16 heavy (non-hydrogen) atoms. The van der Waals surface area contributed by atoms with Gasteiger partial charge in [0.25, 0.3) is 0 Å². The second kappa shape index (κ2) is 6.59. The van der Waals surface area contributed by atoms with Crippen LogP contribution in [0.1, 0.15) is 18.1 Å². The zero-order chi connectivity index (χ0) is 12.0. The van der Waals surface area contributed by atoms with Crippen molar-refractivity contribution >= 4 is 15.9 Å². The molecule has 0 bridgehead atoms. The normalized spacial score (nSPS) is 12.1. The van der Waals surface area contributed by atoms with E-state index in [-0.39, 0.29) is 18.8 Å². The SMILES string of the molecule is N#CC(OCCCO)c1cc(Br)ccc1F. The number of aliphatic hydroxyl groups is 1. The lowest BCUT2D eigenvalue weighted by Crippen LogP contribution is -2.06. The highest BCUT2D eigenvalue weighted by Crippen LogP contribution is 2.24. The van der Waals surface area contributed by atoms with Gasteiger partial charge in [0.05, 0.1) is 12.7 Å². The van der Waals surface area contributed by atoms with Gasteiger partial charge >= 0.3 is 0 Å². The molecule has 1 aromatic carbocycles. The van der Waals surface area contributed by atoms with Gasteiger partial charge in [-0.05, 0) is 24.6 Å². The maximum Gasteiger partial charge on any atom is 0.171 e. The summed E-state index contributed by atoms with van der Waals surface area (Å²) in [5, 5.41) is 17.5. The number of hydrogen-bond acceptors (Lipinski definition) is 3. The quantitative estimate of drug-likeness (QED) is 0.847. The molecule has 0 aliphatic carbocycles. The van der Waals surface area contributed by atoms with E-state index in [1.54, 1.807) is 6.07 Å². The molecule has 0 aromatic heterocycles. The smallest absolute Gasteiger partial charge is 0.171 e. The molecular weight excluding hydrogens is 277 g/mol. The van der Waals surface area contributed by atoms with E-state index >= 15 is 0 Å². The van der Waals surface area contributed by atoms with Crippen LogP contribution in [0.2, 0.25) is 0 Å². The summed E-state index contributed by atoms with van der Waals surface area (Å²) in [6, 6.07) is 6.23. The van der Waals surface area contributed by atoms with Crippen LogP contribution in [-0.4, -0.2) is 18.3 Å². The van der Waals surface area contributed by atoms with Crippen molar-refractivity contribution in [3.8, 4) is 6.07 Å². The zero-order valence-electron chi connectivity index (χ0n) is 8.49. The summed E-state index contributed by atoms with van der Waals surface area (Å²) in [7, 11) is 0. The Hall–Kier alpha value is -0.960. The molecule has 86 valence electrons. The van der Waals surface area contributed by atoms with Gasteiger partial charge in [-0.25, -0.2) is 4.39 Å². The first-order valence-electron chi connectivity index (χ1n) is 4.76.